The lowest BCUT2D eigenvalue weighted by Crippen LogP contribution is -2.59. The first kappa shape index (κ1) is 13.0. The average molecular weight is 268 g/mol. The lowest BCUT2D eigenvalue weighted by atomic mass is 9.96. The molecule has 2 rings (SSSR count). The minimum absolute atomic E-state index is 0.490. The number of aliphatic hydroxyl groups is 2. The van der Waals surface area contributed by atoms with E-state index in [0.717, 1.165) is 0 Å². The van der Waals surface area contributed by atoms with E-state index in [1.165, 1.54) is 11.8 Å². The fourth-order valence-corrected chi connectivity index (χ4v) is 3.06. The van der Waals surface area contributed by atoms with Gasteiger partial charge >= 0.3 is 0 Å². The van der Waals surface area contributed by atoms with Gasteiger partial charge in [0.15, 0.2) is 5.17 Å². The molecule has 0 bridgehead atoms. The number of amidine groups is 1. The number of ether oxygens (including phenoxy) is 1. The van der Waals surface area contributed by atoms with E-state index in [1.54, 1.807) is 7.05 Å². The van der Waals surface area contributed by atoms with Crippen LogP contribution in [0.1, 0.15) is 6.42 Å². The molecule has 17 heavy (non-hydrogen) atoms. The topological polar surface area (TPSA) is 74.1 Å². The molecule has 2 heterocycles. The number of hydrogen-bond acceptors (Lipinski definition) is 5. The Balaban J connectivity index is 2.08. The highest BCUT2D eigenvalue weighted by Gasteiger charge is 2.49. The Hall–Kier alpha value is -0.440. The van der Waals surface area contributed by atoms with Gasteiger partial charge in [-0.1, -0.05) is 11.8 Å². The van der Waals surface area contributed by atoms with Crippen molar-refractivity contribution in [3.05, 3.63) is 0 Å². The fourth-order valence-electron chi connectivity index (χ4n) is 1.96. The fraction of sp³-hybridized carbons (Fsp3) is 0.889. The number of halogens is 2. The molecule has 3 N–H and O–H groups in total. The molecular formula is C9H14F2N2O3S. The van der Waals surface area contributed by atoms with Crippen LogP contribution in [-0.4, -0.2) is 58.6 Å². The van der Waals surface area contributed by atoms with Gasteiger partial charge in [0, 0.05) is 13.5 Å². The van der Waals surface area contributed by atoms with E-state index in [9.17, 15) is 19.0 Å². The monoisotopic (exact) mass is 268 g/mol. The van der Waals surface area contributed by atoms with Crippen LogP contribution < -0.4 is 5.32 Å². The second-order valence-electron chi connectivity index (χ2n) is 3.97. The zero-order valence-electron chi connectivity index (χ0n) is 9.09. The number of nitrogens with one attached hydrogen (secondary N) is 1. The van der Waals surface area contributed by atoms with Gasteiger partial charge in [0.1, 0.15) is 17.6 Å². The van der Waals surface area contributed by atoms with Gasteiger partial charge in [-0.05, 0) is 0 Å². The largest absolute Gasteiger partial charge is 0.388 e. The molecule has 2 aliphatic heterocycles. The lowest BCUT2D eigenvalue weighted by molar-refractivity contribution is -0.166. The maximum Gasteiger partial charge on any atom is 0.241 e. The maximum atomic E-state index is 12.3. The van der Waals surface area contributed by atoms with E-state index in [2.05, 4.69) is 10.3 Å². The second-order valence-corrected chi connectivity index (χ2v) is 5.05. The van der Waals surface area contributed by atoms with Gasteiger partial charge in [-0.2, -0.15) is 0 Å². The van der Waals surface area contributed by atoms with E-state index in [1.807, 2.05) is 0 Å². The van der Waals surface area contributed by atoms with Crippen molar-refractivity contribution in [2.45, 2.75) is 42.6 Å². The molecule has 5 unspecified atom stereocenters. The molecule has 8 heteroatoms. The summed E-state index contributed by atoms with van der Waals surface area (Å²) in [6, 6.07) is -0.511. The summed E-state index contributed by atoms with van der Waals surface area (Å²) in [5.74, 6) is 0. The molecule has 0 aromatic carbocycles. The Morgan fingerprint density at radius 2 is 2.18 bits per heavy atom. The number of rotatable bonds is 2. The molecule has 0 spiro atoms. The predicted molar refractivity (Wildman–Crippen MR) is 59.2 cm³/mol. The number of aliphatic hydroxyl groups excluding tert-OH is 2. The Morgan fingerprint density at radius 1 is 1.47 bits per heavy atom. The van der Waals surface area contributed by atoms with E-state index >= 15 is 0 Å². The molecule has 0 radical (unpaired) electrons. The van der Waals surface area contributed by atoms with E-state index in [4.69, 9.17) is 4.74 Å². The van der Waals surface area contributed by atoms with Gasteiger partial charge < -0.3 is 20.3 Å². The van der Waals surface area contributed by atoms with Gasteiger partial charge in [-0.15, -0.1) is 0 Å². The quantitative estimate of drug-likeness (QED) is 0.645. The number of fused-ring (bicyclic) bond motifs is 1. The summed E-state index contributed by atoms with van der Waals surface area (Å²) >= 11 is 1.23. The molecule has 5 nitrogen and oxygen atoms in total. The summed E-state index contributed by atoms with van der Waals surface area (Å²) < 4.78 is 29.9. The van der Waals surface area contributed by atoms with Crippen LogP contribution in [0.5, 0.6) is 0 Å². The van der Waals surface area contributed by atoms with Crippen LogP contribution in [0.3, 0.4) is 0 Å². The Bertz CT molecular complexity index is 319. The summed E-state index contributed by atoms with van der Waals surface area (Å²) in [6.07, 6.45) is -6.65. The highest BCUT2D eigenvalue weighted by atomic mass is 32.2. The molecule has 0 saturated carbocycles. The molecule has 0 aliphatic carbocycles. The van der Waals surface area contributed by atoms with Crippen molar-refractivity contribution in [2.75, 3.05) is 7.05 Å². The van der Waals surface area contributed by atoms with Crippen LogP contribution in [-0.2, 0) is 4.74 Å². The van der Waals surface area contributed by atoms with Crippen molar-refractivity contribution >= 4 is 16.9 Å². The summed E-state index contributed by atoms with van der Waals surface area (Å²) in [5.41, 5.74) is -0.490. The van der Waals surface area contributed by atoms with E-state index in [0.29, 0.717) is 5.17 Å². The number of alkyl halides is 2. The molecule has 0 aromatic heterocycles. The molecule has 98 valence electrons. The van der Waals surface area contributed by atoms with Crippen LogP contribution >= 0.6 is 11.8 Å². The Kier molecular flexibility index (Phi) is 3.86. The highest BCUT2D eigenvalue weighted by Crippen LogP contribution is 2.35. The third-order valence-corrected chi connectivity index (χ3v) is 3.99. The van der Waals surface area contributed by atoms with Gasteiger partial charge in [0.05, 0.1) is 12.1 Å². The molecule has 0 aromatic rings. The van der Waals surface area contributed by atoms with Crippen molar-refractivity contribution in [1.82, 2.24) is 5.32 Å². The van der Waals surface area contributed by atoms with Crippen molar-refractivity contribution in [2.24, 2.45) is 4.99 Å². The number of thioether (sulfide) groups is 1. The number of nitrogens with zero attached hydrogens (tertiary/aromatic N) is 1. The lowest BCUT2D eigenvalue weighted by Gasteiger charge is -2.38. The molecule has 2 fully saturated rings. The van der Waals surface area contributed by atoms with Crippen molar-refractivity contribution in [3.63, 3.8) is 0 Å². The first-order valence-corrected chi connectivity index (χ1v) is 6.10. The average Bonchev–Trinajstić information content (AvgIpc) is 2.68. The highest BCUT2D eigenvalue weighted by molar-refractivity contribution is 8.14. The van der Waals surface area contributed by atoms with Gasteiger partial charge in [-0.3, -0.25) is 4.99 Å². The van der Waals surface area contributed by atoms with Crippen LogP contribution in [0.4, 0.5) is 8.78 Å². The molecule has 5 atom stereocenters. The van der Waals surface area contributed by atoms with E-state index < -0.39 is 42.6 Å². The Labute approximate surface area is 101 Å². The van der Waals surface area contributed by atoms with Gasteiger partial charge in [0.25, 0.3) is 0 Å². The van der Waals surface area contributed by atoms with Crippen LogP contribution in [0.2, 0.25) is 0 Å². The molecule has 2 aliphatic rings. The van der Waals surface area contributed by atoms with Crippen molar-refractivity contribution < 1.29 is 23.7 Å². The predicted octanol–water partition coefficient (Wildman–Crippen LogP) is -0.221. The van der Waals surface area contributed by atoms with Crippen molar-refractivity contribution in [1.29, 1.82) is 0 Å². The smallest absolute Gasteiger partial charge is 0.241 e. The van der Waals surface area contributed by atoms with Crippen LogP contribution in [0.25, 0.3) is 0 Å². The summed E-state index contributed by atoms with van der Waals surface area (Å²) in [6.45, 7) is 0. The standard InChI is InChI=1S/C9H14F2N2O3S/c1-12-9-13-5-7(15)6(14)3(2-4(10)11)16-8(5)17-9/h3-8,14-15H,2H2,1H3,(H,12,13). The first-order chi connectivity index (χ1) is 8.02. The zero-order chi connectivity index (χ0) is 12.6. The third-order valence-electron chi connectivity index (χ3n) is 2.83. The SMILES string of the molecule is CN=C1NC2C(OC(CC(F)F)C(O)C2O)S1. The van der Waals surface area contributed by atoms with Gasteiger partial charge in [0.2, 0.25) is 6.43 Å². The van der Waals surface area contributed by atoms with Crippen molar-refractivity contribution in [3.8, 4) is 0 Å². The van der Waals surface area contributed by atoms with Crippen LogP contribution in [0.15, 0.2) is 4.99 Å². The number of aliphatic imine (C=N–C) groups is 1. The normalized spacial score (nSPS) is 43.9. The number of hydrogen-bond donors (Lipinski definition) is 3. The second kappa shape index (κ2) is 5.05. The molecule has 0 amide bonds. The van der Waals surface area contributed by atoms with Gasteiger partial charge in [-0.25, -0.2) is 8.78 Å². The maximum absolute atomic E-state index is 12.3. The minimum Gasteiger partial charge on any atom is -0.388 e. The molecular weight excluding hydrogens is 254 g/mol. The van der Waals surface area contributed by atoms with Crippen LogP contribution in [0, 0.1) is 0 Å². The third kappa shape index (κ3) is 2.54. The summed E-state index contributed by atoms with van der Waals surface area (Å²) in [7, 11) is 1.58. The zero-order valence-corrected chi connectivity index (χ0v) is 9.90. The first-order valence-electron chi connectivity index (χ1n) is 5.22. The molecule has 2 saturated heterocycles. The minimum atomic E-state index is -2.57. The summed E-state index contributed by atoms with van der Waals surface area (Å²) in [5, 5.41) is 23.0. The summed E-state index contributed by atoms with van der Waals surface area (Å²) in [4.78, 5) is 3.90. The Morgan fingerprint density at radius 3 is 2.76 bits per heavy atom. The van der Waals surface area contributed by atoms with E-state index in [-0.39, 0.29) is 0 Å².